The van der Waals surface area contributed by atoms with Gasteiger partial charge in [0, 0.05) is 43.3 Å². The highest BCUT2D eigenvalue weighted by molar-refractivity contribution is 7.09. The van der Waals surface area contributed by atoms with Crippen LogP contribution in [0.3, 0.4) is 0 Å². The molecule has 1 fully saturated rings. The Morgan fingerprint density at radius 3 is 2.61 bits per heavy atom. The topological polar surface area (TPSA) is 28.5 Å². The van der Waals surface area contributed by atoms with Crippen molar-refractivity contribution in [2.75, 3.05) is 24.6 Å². The molecule has 0 atom stereocenters. The molecule has 3 rings (SSSR count). The molecule has 0 radical (unpaired) electrons. The van der Waals surface area contributed by atoms with Crippen LogP contribution in [0.1, 0.15) is 31.1 Å². The summed E-state index contributed by atoms with van der Waals surface area (Å²) in [5.74, 6) is 0.207. The molecule has 0 aromatic carbocycles. The van der Waals surface area contributed by atoms with E-state index >= 15 is 0 Å². The van der Waals surface area contributed by atoms with Crippen molar-refractivity contribution in [2.24, 2.45) is 0 Å². The van der Waals surface area contributed by atoms with E-state index in [2.05, 4.69) is 22.4 Å². The zero-order valence-electron chi connectivity index (χ0n) is 13.7. The number of rotatable bonds is 6. The van der Waals surface area contributed by atoms with Crippen LogP contribution in [0.5, 0.6) is 0 Å². The molecule has 1 aliphatic rings. The van der Waals surface area contributed by atoms with Gasteiger partial charge in [-0.3, -0.25) is 9.47 Å². The number of nitrogens with zero attached hydrogens (tertiary/aromatic N) is 3. The smallest absolute Gasteiger partial charge is 0.241 e. The quantitative estimate of drug-likeness (QED) is 0.813. The highest BCUT2D eigenvalue weighted by Gasteiger charge is 2.28. The third-order valence-corrected chi connectivity index (χ3v) is 5.49. The Hall–Kier alpha value is -1.59. The first-order chi connectivity index (χ1) is 11.3. The minimum absolute atomic E-state index is 0.207. The molecule has 124 valence electrons. The third-order valence-electron chi connectivity index (χ3n) is 4.55. The van der Waals surface area contributed by atoms with Crippen molar-refractivity contribution in [3.05, 3.63) is 46.9 Å². The van der Waals surface area contributed by atoms with E-state index < -0.39 is 0 Å². The summed E-state index contributed by atoms with van der Waals surface area (Å²) >= 11 is 1.84. The maximum absolute atomic E-state index is 12.4. The molecule has 0 saturated carbocycles. The predicted octanol–water partition coefficient (Wildman–Crippen LogP) is 3.13. The second kappa shape index (κ2) is 7.79. The molecule has 0 unspecified atom stereocenters. The van der Waals surface area contributed by atoms with E-state index in [4.69, 9.17) is 0 Å². The lowest BCUT2D eigenvalue weighted by molar-refractivity contribution is -0.120. The monoisotopic (exact) mass is 331 g/mol. The van der Waals surface area contributed by atoms with Crippen LogP contribution in [-0.2, 0) is 11.2 Å². The molecule has 5 heteroatoms. The lowest BCUT2D eigenvalue weighted by Gasteiger charge is -2.38. The van der Waals surface area contributed by atoms with Crippen LogP contribution < -0.4 is 5.01 Å². The molecule has 0 N–H and O–H groups in total. The van der Waals surface area contributed by atoms with Gasteiger partial charge in [-0.05, 0) is 42.8 Å². The Balaban J connectivity index is 1.55. The Morgan fingerprint density at radius 2 is 2.00 bits per heavy atom. The molecular weight excluding hydrogens is 306 g/mol. The maximum atomic E-state index is 12.4. The summed E-state index contributed by atoms with van der Waals surface area (Å²) in [6.07, 6.45) is 7.73. The summed E-state index contributed by atoms with van der Waals surface area (Å²) in [4.78, 5) is 16.4. The number of carbonyl (C=O) groups is 1. The number of carbonyl (C=O) groups excluding carboxylic acids is 1. The summed E-state index contributed by atoms with van der Waals surface area (Å²) in [6.45, 7) is 5.21. The summed E-state index contributed by atoms with van der Waals surface area (Å²) in [5.41, 5.74) is 0. The standard InChI is InChI=1S/C18H25N3OS/c1-2-18(22)21(20-10-3-4-11-20)16-7-12-19(13-8-16)14-9-17-6-5-15-23-17/h3-6,10-11,15-16H,2,7-9,12-14H2,1H3. The van der Waals surface area contributed by atoms with Gasteiger partial charge in [0.15, 0.2) is 0 Å². The number of aromatic nitrogens is 1. The van der Waals surface area contributed by atoms with Gasteiger partial charge in [0.05, 0.1) is 6.04 Å². The first-order valence-electron chi connectivity index (χ1n) is 8.48. The van der Waals surface area contributed by atoms with Gasteiger partial charge >= 0.3 is 0 Å². The average Bonchev–Trinajstić information content (AvgIpc) is 3.28. The van der Waals surface area contributed by atoms with E-state index in [1.165, 1.54) is 4.88 Å². The molecule has 0 aliphatic carbocycles. The average molecular weight is 331 g/mol. The van der Waals surface area contributed by atoms with Crippen molar-refractivity contribution in [2.45, 2.75) is 38.6 Å². The summed E-state index contributed by atoms with van der Waals surface area (Å²) in [5, 5.41) is 4.10. The van der Waals surface area contributed by atoms with Gasteiger partial charge < -0.3 is 4.90 Å². The van der Waals surface area contributed by atoms with Gasteiger partial charge in [-0.2, -0.15) is 0 Å². The van der Waals surface area contributed by atoms with E-state index in [9.17, 15) is 4.79 Å². The third kappa shape index (κ3) is 4.03. The van der Waals surface area contributed by atoms with Crippen molar-refractivity contribution in [1.82, 2.24) is 9.58 Å². The normalized spacial score (nSPS) is 16.6. The summed E-state index contributed by atoms with van der Waals surface area (Å²) in [7, 11) is 0. The fraction of sp³-hybridized carbons (Fsp3) is 0.500. The first kappa shape index (κ1) is 16.3. The van der Waals surface area contributed by atoms with Crippen molar-refractivity contribution < 1.29 is 4.79 Å². The van der Waals surface area contributed by atoms with Gasteiger partial charge in [0.1, 0.15) is 0 Å². The lowest BCUT2D eigenvalue weighted by Crippen LogP contribution is -2.52. The van der Waals surface area contributed by atoms with Gasteiger partial charge in [-0.25, -0.2) is 5.01 Å². The minimum atomic E-state index is 0.207. The zero-order chi connectivity index (χ0) is 16.1. The van der Waals surface area contributed by atoms with Gasteiger partial charge in [0.25, 0.3) is 0 Å². The van der Waals surface area contributed by atoms with E-state index in [0.29, 0.717) is 12.5 Å². The van der Waals surface area contributed by atoms with Crippen molar-refractivity contribution >= 4 is 17.2 Å². The van der Waals surface area contributed by atoms with Gasteiger partial charge in [-0.1, -0.05) is 13.0 Å². The molecule has 2 aromatic heterocycles. The Morgan fingerprint density at radius 1 is 1.26 bits per heavy atom. The second-order valence-corrected chi connectivity index (χ2v) is 7.09. The largest absolute Gasteiger partial charge is 0.303 e. The maximum Gasteiger partial charge on any atom is 0.241 e. The van der Waals surface area contributed by atoms with E-state index in [-0.39, 0.29) is 5.91 Å². The van der Waals surface area contributed by atoms with Gasteiger partial charge in [-0.15, -0.1) is 11.3 Å². The number of hydrogen-bond acceptors (Lipinski definition) is 3. The van der Waals surface area contributed by atoms with Crippen LogP contribution >= 0.6 is 11.3 Å². The van der Waals surface area contributed by atoms with Gasteiger partial charge in [0.2, 0.25) is 5.91 Å². The van der Waals surface area contributed by atoms with Crippen LogP contribution in [0, 0.1) is 0 Å². The highest BCUT2D eigenvalue weighted by Crippen LogP contribution is 2.18. The number of likely N-dealkylation sites (tertiary alicyclic amines) is 1. The molecule has 4 nitrogen and oxygen atoms in total. The molecule has 1 saturated heterocycles. The highest BCUT2D eigenvalue weighted by atomic mass is 32.1. The zero-order valence-corrected chi connectivity index (χ0v) is 14.5. The number of amides is 1. The van der Waals surface area contributed by atoms with Crippen LogP contribution in [0.15, 0.2) is 42.0 Å². The molecule has 1 aliphatic heterocycles. The summed E-state index contributed by atoms with van der Waals surface area (Å²) in [6, 6.07) is 8.61. The number of thiophene rings is 1. The minimum Gasteiger partial charge on any atom is -0.303 e. The first-order valence-corrected chi connectivity index (χ1v) is 9.36. The fourth-order valence-corrected chi connectivity index (χ4v) is 3.96. The van der Waals surface area contributed by atoms with Crippen molar-refractivity contribution in [3.8, 4) is 0 Å². The Bertz CT molecular complexity index is 586. The van der Waals surface area contributed by atoms with E-state index in [1.807, 2.05) is 52.5 Å². The number of hydrogen-bond donors (Lipinski definition) is 0. The SMILES string of the molecule is CCC(=O)N(C1CCN(CCc2cccs2)CC1)n1cccc1. The molecule has 1 amide bonds. The lowest BCUT2D eigenvalue weighted by atomic mass is 10.0. The summed E-state index contributed by atoms with van der Waals surface area (Å²) < 4.78 is 1.96. The Labute approximate surface area is 142 Å². The molecule has 3 heterocycles. The molecule has 2 aromatic rings. The molecule has 0 bridgehead atoms. The van der Waals surface area contributed by atoms with Crippen LogP contribution in [0.4, 0.5) is 0 Å². The number of piperidine rings is 1. The van der Waals surface area contributed by atoms with Crippen LogP contribution in [0.25, 0.3) is 0 Å². The predicted molar refractivity (Wildman–Crippen MR) is 95.4 cm³/mol. The van der Waals surface area contributed by atoms with Crippen LogP contribution in [0.2, 0.25) is 0 Å². The Kier molecular flexibility index (Phi) is 5.51. The van der Waals surface area contributed by atoms with E-state index in [0.717, 1.165) is 38.9 Å². The van der Waals surface area contributed by atoms with Crippen molar-refractivity contribution in [3.63, 3.8) is 0 Å². The van der Waals surface area contributed by atoms with Crippen molar-refractivity contribution in [1.29, 1.82) is 0 Å². The van der Waals surface area contributed by atoms with Crippen LogP contribution in [-0.4, -0.2) is 41.2 Å². The molecular formula is C18H25N3OS. The molecule has 23 heavy (non-hydrogen) atoms. The second-order valence-electron chi connectivity index (χ2n) is 6.06. The molecule has 0 spiro atoms. The fourth-order valence-electron chi connectivity index (χ4n) is 3.26. The van der Waals surface area contributed by atoms with E-state index in [1.54, 1.807) is 0 Å².